The Hall–Kier alpha value is -3.78. The molecule has 2 aromatic carbocycles. The van der Waals surface area contributed by atoms with E-state index in [1.807, 2.05) is 30.3 Å². The Bertz CT molecular complexity index is 1330. The number of aryl methyl sites for hydroxylation is 1. The zero-order chi connectivity index (χ0) is 21.3. The van der Waals surface area contributed by atoms with Crippen LogP contribution in [0.4, 0.5) is 5.69 Å². The first kappa shape index (κ1) is 19.5. The maximum absolute atomic E-state index is 13.0. The molecule has 2 heterocycles. The predicted octanol–water partition coefficient (Wildman–Crippen LogP) is 3.17. The van der Waals surface area contributed by atoms with E-state index >= 15 is 0 Å². The smallest absolute Gasteiger partial charge is 0.262 e. The van der Waals surface area contributed by atoms with E-state index in [-0.39, 0.29) is 17.7 Å². The van der Waals surface area contributed by atoms with Crippen molar-refractivity contribution < 1.29 is 9.59 Å². The highest BCUT2D eigenvalue weighted by atomic mass is 32.1. The second kappa shape index (κ2) is 7.92. The van der Waals surface area contributed by atoms with Gasteiger partial charge >= 0.3 is 0 Å². The van der Waals surface area contributed by atoms with Crippen molar-refractivity contribution in [1.82, 2.24) is 9.55 Å². The molecule has 0 spiro atoms. The number of hydrogen-bond acceptors (Lipinski definition) is 5. The minimum absolute atomic E-state index is 0.203. The van der Waals surface area contributed by atoms with Crippen molar-refractivity contribution in [2.45, 2.75) is 13.5 Å². The Morgan fingerprint density at radius 2 is 1.80 bits per heavy atom. The third-order valence-corrected chi connectivity index (χ3v) is 5.75. The first-order valence-electron chi connectivity index (χ1n) is 9.19. The minimum atomic E-state index is -0.644. The number of hydrogen-bond donors (Lipinski definition) is 2. The van der Waals surface area contributed by atoms with E-state index in [0.717, 1.165) is 10.4 Å². The van der Waals surface area contributed by atoms with Crippen molar-refractivity contribution in [3.05, 3.63) is 82.4 Å². The number of rotatable bonds is 5. The molecule has 0 aliphatic carbocycles. The van der Waals surface area contributed by atoms with E-state index in [0.29, 0.717) is 21.7 Å². The number of carbonyl (C=O) groups excluding carboxylic acids is 2. The maximum atomic E-state index is 13.0. The standard InChI is InChI=1S/C22H18N4O3S/c1-13-24-21-16(11-18(30-21)14-7-3-2-4-8-14)22(29)26(13)12-19(27)25-17-10-6-5-9-15(17)20(23)28/h2-11H,12H2,1H3,(H2,23,28)(H,25,27). The Labute approximate surface area is 175 Å². The summed E-state index contributed by atoms with van der Waals surface area (Å²) in [4.78, 5) is 43.2. The fraction of sp³-hybridized carbons (Fsp3) is 0.0909. The lowest BCUT2D eigenvalue weighted by Gasteiger charge is -2.11. The van der Waals surface area contributed by atoms with Crippen LogP contribution in [0.2, 0.25) is 0 Å². The quantitative estimate of drug-likeness (QED) is 0.519. The van der Waals surface area contributed by atoms with E-state index in [1.54, 1.807) is 31.2 Å². The van der Waals surface area contributed by atoms with Gasteiger partial charge in [-0.05, 0) is 30.7 Å². The number of amides is 2. The largest absolute Gasteiger partial charge is 0.366 e. The average Bonchev–Trinajstić information content (AvgIpc) is 3.16. The molecule has 8 heteroatoms. The van der Waals surface area contributed by atoms with E-state index in [9.17, 15) is 14.4 Å². The lowest BCUT2D eigenvalue weighted by atomic mass is 10.1. The Morgan fingerprint density at radius 3 is 2.53 bits per heavy atom. The van der Waals surface area contributed by atoms with E-state index in [4.69, 9.17) is 5.73 Å². The first-order chi connectivity index (χ1) is 14.4. The van der Waals surface area contributed by atoms with Gasteiger partial charge in [-0.2, -0.15) is 0 Å². The molecule has 0 saturated heterocycles. The topological polar surface area (TPSA) is 107 Å². The zero-order valence-electron chi connectivity index (χ0n) is 16.1. The number of primary amides is 1. The van der Waals surface area contributed by atoms with Gasteiger partial charge < -0.3 is 11.1 Å². The molecule has 0 saturated carbocycles. The van der Waals surface area contributed by atoms with E-state index in [2.05, 4.69) is 10.3 Å². The molecule has 0 aliphatic heterocycles. The highest BCUT2D eigenvalue weighted by Crippen LogP contribution is 2.30. The third-order valence-electron chi connectivity index (χ3n) is 4.67. The van der Waals surface area contributed by atoms with E-state index in [1.165, 1.54) is 22.0 Å². The summed E-state index contributed by atoms with van der Waals surface area (Å²) in [5.74, 6) is -0.657. The van der Waals surface area contributed by atoms with Crippen LogP contribution in [0.15, 0.2) is 65.5 Å². The Balaban J connectivity index is 1.65. The maximum Gasteiger partial charge on any atom is 0.262 e. The second-order valence-corrected chi connectivity index (χ2v) is 7.73. The van der Waals surface area contributed by atoms with Crippen LogP contribution in [-0.4, -0.2) is 21.4 Å². The number of para-hydroxylation sites is 1. The number of fused-ring (bicyclic) bond motifs is 1. The molecule has 2 aromatic heterocycles. The van der Waals surface area contributed by atoms with Gasteiger partial charge in [0.1, 0.15) is 17.2 Å². The number of benzene rings is 2. The van der Waals surface area contributed by atoms with Crippen LogP contribution < -0.4 is 16.6 Å². The molecule has 150 valence electrons. The molecule has 0 aliphatic rings. The molecular weight excluding hydrogens is 400 g/mol. The number of nitrogens with two attached hydrogens (primary N) is 1. The Kier molecular flexibility index (Phi) is 5.16. The van der Waals surface area contributed by atoms with Gasteiger partial charge in [0.2, 0.25) is 5.91 Å². The SMILES string of the molecule is Cc1nc2sc(-c3ccccc3)cc2c(=O)n1CC(=O)Nc1ccccc1C(N)=O. The highest BCUT2D eigenvalue weighted by molar-refractivity contribution is 7.21. The number of aromatic nitrogens is 2. The monoisotopic (exact) mass is 418 g/mol. The summed E-state index contributed by atoms with van der Waals surface area (Å²) in [6, 6.07) is 18.0. The number of carbonyl (C=O) groups is 2. The van der Waals surface area contributed by atoms with Crippen molar-refractivity contribution >= 4 is 39.1 Å². The molecule has 0 fully saturated rings. The van der Waals surface area contributed by atoms with Crippen molar-refractivity contribution in [1.29, 1.82) is 0 Å². The van der Waals surface area contributed by atoms with Gasteiger partial charge in [-0.25, -0.2) is 4.98 Å². The van der Waals surface area contributed by atoms with Crippen molar-refractivity contribution in [3.63, 3.8) is 0 Å². The van der Waals surface area contributed by atoms with Crippen LogP contribution in [0.1, 0.15) is 16.2 Å². The van der Waals surface area contributed by atoms with Gasteiger partial charge in [0.15, 0.2) is 0 Å². The molecule has 4 rings (SSSR count). The lowest BCUT2D eigenvalue weighted by Crippen LogP contribution is -2.30. The van der Waals surface area contributed by atoms with E-state index < -0.39 is 11.8 Å². The van der Waals surface area contributed by atoms with Crippen LogP contribution in [-0.2, 0) is 11.3 Å². The molecule has 0 bridgehead atoms. The molecule has 30 heavy (non-hydrogen) atoms. The van der Waals surface area contributed by atoms with Crippen molar-refractivity contribution in [2.75, 3.05) is 5.32 Å². The number of anilines is 1. The van der Waals surface area contributed by atoms with Crippen molar-refractivity contribution in [3.8, 4) is 10.4 Å². The summed E-state index contributed by atoms with van der Waals surface area (Å²) < 4.78 is 1.33. The van der Waals surface area contributed by atoms with Crippen LogP contribution in [0.25, 0.3) is 20.7 Å². The zero-order valence-corrected chi connectivity index (χ0v) is 16.9. The Morgan fingerprint density at radius 1 is 1.10 bits per heavy atom. The highest BCUT2D eigenvalue weighted by Gasteiger charge is 2.16. The normalized spacial score (nSPS) is 10.8. The third kappa shape index (κ3) is 3.72. The molecule has 0 unspecified atom stereocenters. The molecule has 4 aromatic rings. The van der Waals surface area contributed by atoms with Crippen LogP contribution in [0, 0.1) is 6.92 Å². The van der Waals surface area contributed by atoms with Gasteiger partial charge in [0.05, 0.1) is 16.6 Å². The fourth-order valence-corrected chi connectivity index (χ4v) is 4.26. The molecule has 0 radical (unpaired) electrons. The molecule has 7 nitrogen and oxygen atoms in total. The molecule has 0 atom stereocenters. The number of nitrogens with one attached hydrogen (secondary N) is 1. The second-order valence-electron chi connectivity index (χ2n) is 6.70. The average molecular weight is 418 g/mol. The predicted molar refractivity (Wildman–Crippen MR) is 118 cm³/mol. The summed E-state index contributed by atoms with van der Waals surface area (Å²) in [6.07, 6.45) is 0. The molecular formula is C22H18N4O3S. The fourth-order valence-electron chi connectivity index (χ4n) is 3.19. The van der Waals surface area contributed by atoms with Gasteiger partial charge in [-0.3, -0.25) is 19.0 Å². The summed E-state index contributed by atoms with van der Waals surface area (Å²) in [5.41, 5.74) is 6.58. The van der Waals surface area contributed by atoms with Gasteiger partial charge in [-0.1, -0.05) is 42.5 Å². The van der Waals surface area contributed by atoms with Crippen LogP contribution >= 0.6 is 11.3 Å². The summed E-state index contributed by atoms with van der Waals surface area (Å²) in [7, 11) is 0. The van der Waals surface area contributed by atoms with Crippen molar-refractivity contribution in [2.24, 2.45) is 5.73 Å². The van der Waals surface area contributed by atoms with Gasteiger partial charge in [-0.15, -0.1) is 11.3 Å². The first-order valence-corrected chi connectivity index (χ1v) is 10.0. The van der Waals surface area contributed by atoms with Gasteiger partial charge in [0, 0.05) is 4.88 Å². The minimum Gasteiger partial charge on any atom is -0.366 e. The molecule has 3 N–H and O–H groups in total. The lowest BCUT2D eigenvalue weighted by molar-refractivity contribution is -0.116. The summed E-state index contributed by atoms with van der Waals surface area (Å²) >= 11 is 1.44. The number of nitrogens with zero attached hydrogens (tertiary/aromatic N) is 2. The number of thiophene rings is 1. The van der Waals surface area contributed by atoms with Gasteiger partial charge in [0.25, 0.3) is 11.5 Å². The summed E-state index contributed by atoms with van der Waals surface area (Å²) in [6.45, 7) is 1.46. The van der Waals surface area contributed by atoms with Crippen LogP contribution in [0.3, 0.4) is 0 Å². The summed E-state index contributed by atoms with van der Waals surface area (Å²) in [5, 5.41) is 3.12. The van der Waals surface area contributed by atoms with Crippen LogP contribution in [0.5, 0.6) is 0 Å². The molecule has 2 amide bonds.